The molecule has 0 saturated heterocycles. The normalized spacial score (nSPS) is 18.4. The van der Waals surface area contributed by atoms with Gasteiger partial charge in [0.25, 0.3) is 0 Å². The van der Waals surface area contributed by atoms with E-state index in [4.69, 9.17) is 9.47 Å². The molecule has 0 bridgehead atoms. The first-order valence-corrected chi connectivity index (χ1v) is 12.0. The van der Waals surface area contributed by atoms with E-state index in [1.54, 1.807) is 20.3 Å². The molecule has 184 valence electrons. The second-order valence-corrected chi connectivity index (χ2v) is 9.11. The van der Waals surface area contributed by atoms with Gasteiger partial charge in [-0.2, -0.15) is 0 Å². The number of methoxy groups -OCH3 is 2. The number of hydrogen-bond acceptors (Lipinski definition) is 5. The summed E-state index contributed by atoms with van der Waals surface area (Å²) >= 11 is 0. The van der Waals surface area contributed by atoms with Crippen LogP contribution in [0.5, 0.6) is 11.5 Å². The molecule has 0 radical (unpaired) electrons. The largest absolute Gasteiger partial charge is 0.497 e. The number of hydrogen-bond donors (Lipinski definition) is 3. The van der Waals surface area contributed by atoms with Crippen molar-refractivity contribution < 1.29 is 24.5 Å². The fourth-order valence-electron chi connectivity index (χ4n) is 4.89. The number of fused-ring (bicyclic) bond motifs is 1. The van der Waals surface area contributed by atoms with Gasteiger partial charge < -0.3 is 25.0 Å². The number of amides is 1. The third kappa shape index (κ3) is 6.02. The molecule has 2 unspecified atom stereocenters. The van der Waals surface area contributed by atoms with Crippen molar-refractivity contribution in [2.45, 2.75) is 43.9 Å². The van der Waals surface area contributed by atoms with E-state index >= 15 is 0 Å². The molecule has 0 saturated carbocycles. The predicted molar refractivity (Wildman–Crippen MR) is 135 cm³/mol. The Morgan fingerprint density at radius 2 is 1.74 bits per heavy atom. The Morgan fingerprint density at radius 3 is 2.49 bits per heavy atom. The van der Waals surface area contributed by atoms with Crippen LogP contribution in [0.15, 0.2) is 72.8 Å². The fourth-order valence-corrected chi connectivity index (χ4v) is 4.89. The van der Waals surface area contributed by atoms with E-state index in [-0.39, 0.29) is 12.3 Å². The summed E-state index contributed by atoms with van der Waals surface area (Å²) < 4.78 is 10.7. The van der Waals surface area contributed by atoms with Crippen molar-refractivity contribution in [3.05, 3.63) is 95.1 Å². The molecule has 0 fully saturated rings. The topological polar surface area (TPSA) is 88.0 Å². The second-order valence-electron chi connectivity index (χ2n) is 9.11. The maximum Gasteiger partial charge on any atom is 0.224 e. The monoisotopic (exact) mass is 475 g/mol. The van der Waals surface area contributed by atoms with Gasteiger partial charge in [-0.15, -0.1) is 0 Å². The lowest BCUT2D eigenvalue weighted by Crippen LogP contribution is -2.39. The van der Waals surface area contributed by atoms with E-state index in [2.05, 4.69) is 5.32 Å². The lowest BCUT2D eigenvalue weighted by atomic mass is 9.90. The van der Waals surface area contributed by atoms with E-state index in [1.165, 1.54) is 0 Å². The fraction of sp³-hybridized carbons (Fsp3) is 0.345. The minimum atomic E-state index is -0.752. The molecule has 35 heavy (non-hydrogen) atoms. The third-order valence-electron chi connectivity index (χ3n) is 6.70. The van der Waals surface area contributed by atoms with Crippen molar-refractivity contribution in [2.75, 3.05) is 14.2 Å². The molecular formula is C29H33NO5. The molecule has 1 amide bonds. The first kappa shape index (κ1) is 24.8. The average molecular weight is 476 g/mol. The molecule has 0 spiro atoms. The third-order valence-corrected chi connectivity index (χ3v) is 6.70. The van der Waals surface area contributed by atoms with Crippen LogP contribution in [0.2, 0.25) is 0 Å². The van der Waals surface area contributed by atoms with Gasteiger partial charge in [-0.1, -0.05) is 60.7 Å². The summed E-state index contributed by atoms with van der Waals surface area (Å²) in [7, 11) is 3.18. The van der Waals surface area contributed by atoms with Crippen LogP contribution in [0.25, 0.3) is 0 Å². The Balaban J connectivity index is 1.50. The Labute approximate surface area is 206 Å². The first-order chi connectivity index (χ1) is 17.0. The Morgan fingerprint density at radius 1 is 1.00 bits per heavy atom. The van der Waals surface area contributed by atoms with Gasteiger partial charge in [-0.3, -0.25) is 4.79 Å². The zero-order valence-corrected chi connectivity index (χ0v) is 20.2. The van der Waals surface area contributed by atoms with Crippen molar-refractivity contribution in [3.8, 4) is 11.5 Å². The van der Waals surface area contributed by atoms with Crippen LogP contribution in [-0.2, 0) is 24.1 Å². The van der Waals surface area contributed by atoms with E-state index < -0.39 is 24.2 Å². The summed E-state index contributed by atoms with van der Waals surface area (Å²) in [6.07, 6.45) is 0.221. The van der Waals surface area contributed by atoms with E-state index in [0.717, 1.165) is 22.3 Å². The number of benzene rings is 3. The number of ether oxygens (including phenoxy) is 2. The molecule has 4 rings (SSSR count). The van der Waals surface area contributed by atoms with Crippen LogP contribution in [0.4, 0.5) is 0 Å². The molecule has 0 heterocycles. The molecule has 1 aliphatic rings. The number of aliphatic hydroxyl groups is 2. The summed E-state index contributed by atoms with van der Waals surface area (Å²) in [6, 6.07) is 22.6. The second kappa shape index (κ2) is 11.4. The molecule has 0 aromatic heterocycles. The van der Waals surface area contributed by atoms with Crippen molar-refractivity contribution in [3.63, 3.8) is 0 Å². The van der Waals surface area contributed by atoms with Gasteiger partial charge in [-0.05, 0) is 41.2 Å². The van der Waals surface area contributed by atoms with Crippen LogP contribution in [0, 0.1) is 5.92 Å². The highest BCUT2D eigenvalue weighted by molar-refractivity contribution is 5.80. The van der Waals surface area contributed by atoms with Crippen molar-refractivity contribution >= 4 is 5.91 Å². The minimum Gasteiger partial charge on any atom is -0.497 e. The lowest BCUT2D eigenvalue weighted by Gasteiger charge is -2.25. The minimum absolute atomic E-state index is 0.171. The highest BCUT2D eigenvalue weighted by Crippen LogP contribution is 2.32. The van der Waals surface area contributed by atoms with Gasteiger partial charge in [-0.25, -0.2) is 0 Å². The van der Waals surface area contributed by atoms with Crippen molar-refractivity contribution in [2.24, 2.45) is 5.92 Å². The van der Waals surface area contributed by atoms with Gasteiger partial charge in [0, 0.05) is 24.8 Å². The molecule has 3 N–H and O–H groups in total. The van der Waals surface area contributed by atoms with Crippen LogP contribution in [-0.4, -0.2) is 42.5 Å². The number of nitrogens with one attached hydrogen (secondary N) is 1. The molecular weight excluding hydrogens is 442 g/mol. The van der Waals surface area contributed by atoms with Crippen LogP contribution < -0.4 is 14.8 Å². The van der Waals surface area contributed by atoms with Gasteiger partial charge in [0.05, 0.1) is 32.5 Å². The maximum absolute atomic E-state index is 13.5. The molecule has 6 heteroatoms. The van der Waals surface area contributed by atoms with E-state index in [9.17, 15) is 15.0 Å². The summed E-state index contributed by atoms with van der Waals surface area (Å²) in [6.45, 7) is 0. The zero-order chi connectivity index (χ0) is 24.8. The van der Waals surface area contributed by atoms with Gasteiger partial charge in [0.15, 0.2) is 0 Å². The van der Waals surface area contributed by atoms with Gasteiger partial charge in [0.1, 0.15) is 11.5 Å². The Kier molecular flexibility index (Phi) is 8.06. The SMILES string of the molecule is COc1ccc(CC(O)CC(Cc2ccccc2)C(=O)N[C@H]2c3ccccc3C[C@H]2O)c(OC)c1. The predicted octanol–water partition coefficient (Wildman–Crippen LogP) is 3.63. The van der Waals surface area contributed by atoms with Gasteiger partial charge >= 0.3 is 0 Å². The van der Waals surface area contributed by atoms with Crippen LogP contribution >= 0.6 is 0 Å². The highest BCUT2D eigenvalue weighted by atomic mass is 16.5. The standard InChI is InChI=1S/C29H33NO5/c1-34-24-13-12-21(27(18-24)35-2)15-23(31)16-22(14-19-8-4-3-5-9-19)29(33)30-28-25-11-7-6-10-20(25)17-26(28)32/h3-13,18,22-23,26,28,31-32H,14-17H2,1-2H3,(H,30,33)/t22?,23?,26-,28+/m1/s1. The molecule has 1 aliphatic carbocycles. The maximum atomic E-state index is 13.5. The van der Waals surface area contributed by atoms with Gasteiger partial charge in [0.2, 0.25) is 5.91 Å². The number of carbonyl (C=O) groups excluding carboxylic acids is 1. The van der Waals surface area contributed by atoms with Crippen LogP contribution in [0.1, 0.15) is 34.7 Å². The molecule has 4 atom stereocenters. The average Bonchev–Trinajstić information content (AvgIpc) is 3.19. The highest BCUT2D eigenvalue weighted by Gasteiger charge is 2.34. The molecule has 0 aliphatic heterocycles. The van der Waals surface area contributed by atoms with E-state index in [0.29, 0.717) is 30.8 Å². The van der Waals surface area contributed by atoms with Crippen molar-refractivity contribution in [1.29, 1.82) is 0 Å². The van der Waals surface area contributed by atoms with Crippen LogP contribution in [0.3, 0.4) is 0 Å². The smallest absolute Gasteiger partial charge is 0.224 e. The molecule has 3 aromatic carbocycles. The summed E-state index contributed by atoms with van der Waals surface area (Å²) in [4.78, 5) is 13.5. The summed E-state index contributed by atoms with van der Waals surface area (Å²) in [5, 5.41) is 24.7. The zero-order valence-electron chi connectivity index (χ0n) is 20.2. The molecule has 3 aromatic rings. The molecule has 6 nitrogen and oxygen atoms in total. The number of carbonyl (C=O) groups is 1. The quantitative estimate of drug-likeness (QED) is 0.417. The Hall–Kier alpha value is -3.35. The summed E-state index contributed by atoms with van der Waals surface area (Å²) in [5.41, 5.74) is 3.88. The van der Waals surface area contributed by atoms with E-state index in [1.807, 2.05) is 66.7 Å². The summed E-state index contributed by atoms with van der Waals surface area (Å²) in [5.74, 6) is 0.682. The number of aliphatic hydroxyl groups excluding tert-OH is 2. The lowest BCUT2D eigenvalue weighted by molar-refractivity contribution is -0.127. The number of rotatable bonds is 10. The first-order valence-electron chi connectivity index (χ1n) is 12.0. The Bertz CT molecular complexity index is 1130. The van der Waals surface area contributed by atoms with Crippen molar-refractivity contribution in [1.82, 2.24) is 5.32 Å².